The van der Waals surface area contributed by atoms with Crippen LogP contribution in [0.3, 0.4) is 0 Å². The lowest BCUT2D eigenvalue weighted by Gasteiger charge is -2.15. The minimum absolute atomic E-state index is 0.952. The minimum Gasteiger partial charge on any atom is -0.359 e. The second-order valence-corrected chi connectivity index (χ2v) is 6.52. The van der Waals surface area contributed by atoms with Crippen molar-refractivity contribution in [3.8, 4) is 0 Å². The molecule has 126 valence electrons. The smallest absolute Gasteiger partial charge is 0.0388 e. The molecular formula is C24H25N. The van der Waals surface area contributed by atoms with Gasteiger partial charge in [-0.3, -0.25) is 0 Å². The maximum absolute atomic E-state index is 4.27. The molecule has 0 saturated carbocycles. The Labute approximate surface area is 150 Å². The molecule has 0 aliphatic carbocycles. The van der Waals surface area contributed by atoms with E-state index in [9.17, 15) is 0 Å². The predicted molar refractivity (Wildman–Crippen MR) is 109 cm³/mol. The largest absolute Gasteiger partial charge is 0.359 e. The first kappa shape index (κ1) is 17.0. The second kappa shape index (κ2) is 7.85. The van der Waals surface area contributed by atoms with Gasteiger partial charge in [0.05, 0.1) is 0 Å². The number of allylic oxidation sites excluding steroid dienone is 2. The van der Waals surface area contributed by atoms with Gasteiger partial charge in [0.25, 0.3) is 0 Å². The quantitative estimate of drug-likeness (QED) is 0.558. The lowest BCUT2D eigenvalue weighted by molar-refractivity contribution is 0.895. The zero-order valence-electron chi connectivity index (χ0n) is 15.0. The van der Waals surface area contributed by atoms with Crippen LogP contribution in [0, 0.1) is 0 Å². The van der Waals surface area contributed by atoms with Crippen LogP contribution < -0.4 is 5.32 Å². The molecule has 0 spiro atoms. The summed E-state index contributed by atoms with van der Waals surface area (Å²) in [7, 11) is 0. The summed E-state index contributed by atoms with van der Waals surface area (Å²) in [5, 5.41) is 5.98. The molecule has 0 aromatic heterocycles. The number of aryl methyl sites for hydroxylation is 1. The molecule has 3 rings (SSSR count). The maximum Gasteiger partial charge on any atom is 0.0388 e. The van der Waals surface area contributed by atoms with Crippen LogP contribution in [0.25, 0.3) is 16.5 Å². The zero-order chi connectivity index (χ0) is 17.6. The van der Waals surface area contributed by atoms with Crippen LogP contribution in [-0.4, -0.2) is 0 Å². The molecule has 3 aromatic rings. The number of hydrogen-bond acceptors (Lipinski definition) is 1. The fourth-order valence-corrected chi connectivity index (χ4v) is 3.05. The van der Waals surface area contributed by atoms with Crippen LogP contribution in [0.5, 0.6) is 0 Å². The molecule has 0 bridgehead atoms. The van der Waals surface area contributed by atoms with Crippen molar-refractivity contribution in [1.29, 1.82) is 0 Å². The average molecular weight is 327 g/mol. The van der Waals surface area contributed by atoms with E-state index in [-0.39, 0.29) is 0 Å². The molecule has 0 unspecified atom stereocenters. The van der Waals surface area contributed by atoms with Crippen molar-refractivity contribution in [1.82, 2.24) is 5.32 Å². The third-order valence-electron chi connectivity index (χ3n) is 4.72. The lowest BCUT2D eigenvalue weighted by atomic mass is 10.0. The first-order chi connectivity index (χ1) is 12.1. The monoisotopic (exact) mass is 327 g/mol. The highest BCUT2D eigenvalue weighted by Gasteiger charge is 2.06. The van der Waals surface area contributed by atoms with E-state index in [4.69, 9.17) is 0 Å². The van der Waals surface area contributed by atoms with Crippen molar-refractivity contribution >= 4 is 16.5 Å². The van der Waals surface area contributed by atoms with E-state index < -0.39 is 0 Å². The van der Waals surface area contributed by atoms with Gasteiger partial charge in [-0.25, -0.2) is 0 Å². The Bertz CT molecular complexity index is 898. The van der Waals surface area contributed by atoms with Gasteiger partial charge in [0.1, 0.15) is 0 Å². The van der Waals surface area contributed by atoms with Gasteiger partial charge in [0, 0.05) is 17.0 Å². The highest BCUT2D eigenvalue weighted by molar-refractivity contribution is 5.93. The van der Waals surface area contributed by atoms with Crippen molar-refractivity contribution in [2.24, 2.45) is 0 Å². The first-order valence-corrected chi connectivity index (χ1v) is 8.79. The van der Waals surface area contributed by atoms with Gasteiger partial charge in [0.2, 0.25) is 0 Å². The van der Waals surface area contributed by atoms with Gasteiger partial charge >= 0.3 is 0 Å². The van der Waals surface area contributed by atoms with Crippen molar-refractivity contribution in [2.75, 3.05) is 0 Å². The van der Waals surface area contributed by atoms with E-state index in [2.05, 4.69) is 98.5 Å². The summed E-state index contributed by atoms with van der Waals surface area (Å²) in [5.74, 6) is 0. The van der Waals surface area contributed by atoms with Crippen molar-refractivity contribution in [2.45, 2.75) is 26.7 Å². The summed E-state index contributed by atoms with van der Waals surface area (Å²) in [6.07, 6.45) is 2.11. The summed E-state index contributed by atoms with van der Waals surface area (Å²) in [6.45, 7) is 8.60. The summed E-state index contributed by atoms with van der Waals surface area (Å²) < 4.78 is 0. The van der Waals surface area contributed by atoms with Crippen LogP contribution in [0.1, 0.15) is 31.4 Å². The molecule has 0 aliphatic rings. The van der Waals surface area contributed by atoms with E-state index in [1.54, 1.807) is 0 Å². The Morgan fingerprint density at radius 3 is 2.32 bits per heavy atom. The second-order valence-electron chi connectivity index (χ2n) is 6.52. The number of fused-ring (bicyclic) bond motifs is 1. The van der Waals surface area contributed by atoms with Crippen LogP contribution in [-0.2, 0) is 6.42 Å². The predicted octanol–water partition coefficient (Wildman–Crippen LogP) is 6.33. The van der Waals surface area contributed by atoms with Crippen LogP contribution in [0.15, 0.2) is 90.6 Å². The molecule has 1 heteroatoms. The van der Waals surface area contributed by atoms with Crippen molar-refractivity contribution in [3.63, 3.8) is 0 Å². The molecule has 0 amide bonds. The molecule has 1 N–H and O–H groups in total. The molecule has 0 fully saturated rings. The fourth-order valence-electron chi connectivity index (χ4n) is 3.05. The van der Waals surface area contributed by atoms with Gasteiger partial charge in [-0.2, -0.15) is 0 Å². The number of benzene rings is 3. The molecule has 0 heterocycles. The molecule has 0 aliphatic heterocycles. The minimum atomic E-state index is 0.952. The SMILES string of the molecule is C=C(N/C(C)=C(\C)CCc1ccccc1)c1cccc2ccccc12. The van der Waals surface area contributed by atoms with Gasteiger partial charge in [-0.05, 0) is 43.0 Å². The van der Waals surface area contributed by atoms with Gasteiger partial charge in [-0.15, -0.1) is 0 Å². The van der Waals surface area contributed by atoms with E-state index in [1.807, 2.05) is 0 Å². The van der Waals surface area contributed by atoms with Gasteiger partial charge < -0.3 is 5.32 Å². The Morgan fingerprint density at radius 2 is 1.52 bits per heavy atom. The third kappa shape index (κ3) is 4.19. The summed E-state index contributed by atoms with van der Waals surface area (Å²) in [6, 6.07) is 25.4. The fraction of sp³-hybridized carbons (Fsp3) is 0.167. The standard InChI is InChI=1S/C24H25N/c1-18(16-17-21-10-5-4-6-11-21)19(2)25-20(3)23-15-9-13-22-12-7-8-14-24(22)23/h4-15,25H,3,16-17H2,1-2H3/b19-18+. The highest BCUT2D eigenvalue weighted by Crippen LogP contribution is 2.24. The lowest BCUT2D eigenvalue weighted by Crippen LogP contribution is -2.11. The number of nitrogens with one attached hydrogen (secondary N) is 1. The van der Waals surface area contributed by atoms with Crippen molar-refractivity contribution < 1.29 is 0 Å². The third-order valence-corrected chi connectivity index (χ3v) is 4.72. The van der Waals surface area contributed by atoms with E-state index in [0.717, 1.165) is 24.1 Å². The normalized spacial score (nSPS) is 11.9. The molecule has 0 atom stereocenters. The Morgan fingerprint density at radius 1 is 0.840 bits per heavy atom. The summed E-state index contributed by atoms with van der Waals surface area (Å²) >= 11 is 0. The average Bonchev–Trinajstić information content (AvgIpc) is 2.66. The van der Waals surface area contributed by atoms with Crippen LogP contribution in [0.4, 0.5) is 0 Å². The Balaban J connectivity index is 1.72. The van der Waals surface area contributed by atoms with Crippen LogP contribution >= 0.6 is 0 Å². The van der Waals surface area contributed by atoms with Gasteiger partial charge in [0.15, 0.2) is 0 Å². The van der Waals surface area contributed by atoms with E-state index in [0.29, 0.717) is 0 Å². The molecule has 1 nitrogen and oxygen atoms in total. The van der Waals surface area contributed by atoms with E-state index >= 15 is 0 Å². The molecular weight excluding hydrogens is 302 g/mol. The maximum atomic E-state index is 4.27. The Kier molecular flexibility index (Phi) is 5.35. The first-order valence-electron chi connectivity index (χ1n) is 8.79. The molecule has 0 saturated heterocycles. The summed E-state index contributed by atoms with van der Waals surface area (Å²) in [4.78, 5) is 0. The highest BCUT2D eigenvalue weighted by atomic mass is 14.9. The molecule has 0 radical (unpaired) electrons. The van der Waals surface area contributed by atoms with Crippen molar-refractivity contribution in [3.05, 3.63) is 102 Å². The molecule has 3 aromatic carbocycles. The zero-order valence-corrected chi connectivity index (χ0v) is 15.0. The Hall–Kier alpha value is -2.80. The van der Waals surface area contributed by atoms with Crippen LogP contribution in [0.2, 0.25) is 0 Å². The summed E-state index contributed by atoms with van der Waals surface area (Å²) in [5.41, 5.74) is 6.04. The topological polar surface area (TPSA) is 12.0 Å². The van der Waals surface area contributed by atoms with E-state index in [1.165, 1.54) is 27.6 Å². The van der Waals surface area contributed by atoms with Gasteiger partial charge in [-0.1, -0.05) is 84.9 Å². The number of rotatable bonds is 6. The molecule has 25 heavy (non-hydrogen) atoms. The number of hydrogen-bond donors (Lipinski definition) is 1.